The van der Waals surface area contributed by atoms with Gasteiger partial charge in [-0.05, 0) is 42.8 Å². The van der Waals surface area contributed by atoms with Crippen LogP contribution in [-0.2, 0) is 14.8 Å². The summed E-state index contributed by atoms with van der Waals surface area (Å²) in [6, 6.07) is 9.11. The van der Waals surface area contributed by atoms with Gasteiger partial charge in [-0.1, -0.05) is 0 Å². The first kappa shape index (κ1) is 21.6. The fourth-order valence-corrected chi connectivity index (χ4v) is 3.98. The summed E-state index contributed by atoms with van der Waals surface area (Å²) in [7, 11) is -3.81. The van der Waals surface area contributed by atoms with Crippen molar-refractivity contribution in [3.05, 3.63) is 47.5 Å². The van der Waals surface area contributed by atoms with Crippen molar-refractivity contribution in [3.8, 4) is 11.5 Å². The molecule has 0 bridgehead atoms. The normalized spacial score (nSPS) is 13.4. The number of amides is 2. The number of hydrogen-bond acceptors (Lipinski definition) is 6. The Bertz CT molecular complexity index is 1070. The Kier molecular flexibility index (Phi) is 6.58. The topological polar surface area (TPSA) is 137 Å². The fraction of sp³-hybridized carbons (Fsp3) is 0.300. The molecule has 0 radical (unpaired) electrons. The summed E-state index contributed by atoms with van der Waals surface area (Å²) in [6.45, 7) is 2.58. The van der Waals surface area contributed by atoms with E-state index < -0.39 is 15.9 Å². The number of anilines is 1. The molecule has 2 aromatic carbocycles. The molecule has 0 atom stereocenters. The Morgan fingerprint density at radius 2 is 1.80 bits per heavy atom. The van der Waals surface area contributed by atoms with Crippen LogP contribution in [0.3, 0.4) is 0 Å². The molecule has 10 heteroatoms. The van der Waals surface area contributed by atoms with Crippen LogP contribution < -0.4 is 25.2 Å². The van der Waals surface area contributed by atoms with E-state index in [2.05, 4.69) is 10.0 Å². The summed E-state index contributed by atoms with van der Waals surface area (Å²) in [5, 5.41) is 2.66. The van der Waals surface area contributed by atoms with E-state index >= 15 is 0 Å². The summed E-state index contributed by atoms with van der Waals surface area (Å²) < 4.78 is 38.4. The van der Waals surface area contributed by atoms with Crippen LogP contribution in [0.1, 0.15) is 28.8 Å². The van der Waals surface area contributed by atoms with Crippen LogP contribution in [0.25, 0.3) is 0 Å². The first-order chi connectivity index (χ1) is 14.3. The smallest absolute Gasteiger partial charge is 0.248 e. The first-order valence-electron chi connectivity index (χ1n) is 9.36. The molecule has 1 aliphatic rings. The number of fused-ring (bicyclic) bond motifs is 1. The molecule has 1 aliphatic heterocycles. The molecule has 160 valence electrons. The van der Waals surface area contributed by atoms with Crippen LogP contribution in [0, 0.1) is 6.92 Å². The highest BCUT2D eigenvalue weighted by atomic mass is 32.2. The van der Waals surface area contributed by atoms with E-state index in [-0.39, 0.29) is 23.8 Å². The van der Waals surface area contributed by atoms with Gasteiger partial charge in [0.2, 0.25) is 21.8 Å². The SMILES string of the molecule is Cc1cc(NC(=O)CCNS(=O)(=O)c2ccc3c(c2)OCCCO3)ccc1C(N)=O. The van der Waals surface area contributed by atoms with Crippen LogP contribution >= 0.6 is 0 Å². The molecule has 30 heavy (non-hydrogen) atoms. The molecule has 0 fully saturated rings. The Labute approximate surface area is 174 Å². The monoisotopic (exact) mass is 433 g/mol. The first-order valence-corrected chi connectivity index (χ1v) is 10.8. The number of sulfonamides is 1. The van der Waals surface area contributed by atoms with Gasteiger partial charge in [0.1, 0.15) is 0 Å². The van der Waals surface area contributed by atoms with Crippen molar-refractivity contribution in [1.29, 1.82) is 0 Å². The van der Waals surface area contributed by atoms with Crippen molar-refractivity contribution in [3.63, 3.8) is 0 Å². The number of hydrogen-bond donors (Lipinski definition) is 3. The molecular formula is C20H23N3O6S. The summed E-state index contributed by atoms with van der Waals surface area (Å²) in [5.74, 6) is -0.0384. The maximum absolute atomic E-state index is 12.5. The van der Waals surface area contributed by atoms with Gasteiger partial charge < -0.3 is 20.5 Å². The Morgan fingerprint density at radius 1 is 1.07 bits per heavy atom. The summed E-state index contributed by atoms with van der Waals surface area (Å²) in [6.07, 6.45) is 0.648. The summed E-state index contributed by atoms with van der Waals surface area (Å²) in [4.78, 5) is 23.4. The van der Waals surface area contributed by atoms with Crippen molar-refractivity contribution in [2.75, 3.05) is 25.1 Å². The molecule has 0 spiro atoms. The predicted molar refractivity (Wildman–Crippen MR) is 110 cm³/mol. The molecule has 0 saturated heterocycles. The second-order valence-electron chi connectivity index (χ2n) is 6.75. The number of nitrogens with two attached hydrogens (primary N) is 1. The fourth-order valence-electron chi connectivity index (χ4n) is 2.93. The number of aryl methyl sites for hydroxylation is 1. The van der Waals surface area contributed by atoms with Gasteiger partial charge in [0.15, 0.2) is 11.5 Å². The van der Waals surface area contributed by atoms with Gasteiger partial charge in [0.25, 0.3) is 0 Å². The van der Waals surface area contributed by atoms with E-state index in [0.29, 0.717) is 41.5 Å². The molecule has 9 nitrogen and oxygen atoms in total. The molecule has 1 heterocycles. The molecular weight excluding hydrogens is 410 g/mol. The minimum absolute atomic E-state index is 0.0322. The number of rotatable bonds is 7. The molecule has 2 amide bonds. The molecule has 0 unspecified atom stereocenters. The minimum Gasteiger partial charge on any atom is -0.490 e. The highest BCUT2D eigenvalue weighted by Crippen LogP contribution is 2.31. The maximum Gasteiger partial charge on any atom is 0.248 e. The summed E-state index contributed by atoms with van der Waals surface area (Å²) in [5.41, 5.74) is 6.76. The maximum atomic E-state index is 12.5. The standard InChI is InChI=1S/C20H23N3O6S/c1-13-11-14(3-5-16(13)20(21)25)23-19(24)7-8-22-30(26,27)15-4-6-17-18(12-15)29-10-2-9-28-17/h3-6,11-12,22H,2,7-10H2,1H3,(H2,21,25)(H,23,24). The van der Waals surface area contributed by atoms with Gasteiger partial charge in [0.05, 0.1) is 18.1 Å². The molecule has 0 aromatic heterocycles. The van der Waals surface area contributed by atoms with Gasteiger partial charge >= 0.3 is 0 Å². The third kappa shape index (κ3) is 5.28. The van der Waals surface area contributed by atoms with E-state index in [1.54, 1.807) is 25.1 Å². The van der Waals surface area contributed by atoms with Crippen molar-refractivity contribution >= 4 is 27.5 Å². The molecule has 0 saturated carbocycles. The van der Waals surface area contributed by atoms with E-state index in [9.17, 15) is 18.0 Å². The van der Waals surface area contributed by atoms with Crippen LogP contribution in [0.15, 0.2) is 41.3 Å². The third-order valence-corrected chi connectivity index (χ3v) is 5.91. The number of benzene rings is 2. The predicted octanol–water partition coefficient (Wildman–Crippen LogP) is 1.56. The quantitative estimate of drug-likeness (QED) is 0.606. The number of ether oxygens (including phenoxy) is 2. The molecule has 0 aliphatic carbocycles. The lowest BCUT2D eigenvalue weighted by atomic mass is 10.1. The highest BCUT2D eigenvalue weighted by Gasteiger charge is 2.19. The van der Waals surface area contributed by atoms with E-state index in [4.69, 9.17) is 15.2 Å². The number of primary amides is 1. The van der Waals surface area contributed by atoms with Crippen LogP contribution in [-0.4, -0.2) is 40.0 Å². The Hall–Kier alpha value is -3.11. The highest BCUT2D eigenvalue weighted by molar-refractivity contribution is 7.89. The van der Waals surface area contributed by atoms with Gasteiger partial charge in [-0.3, -0.25) is 9.59 Å². The zero-order valence-corrected chi connectivity index (χ0v) is 17.3. The summed E-state index contributed by atoms with van der Waals surface area (Å²) >= 11 is 0. The largest absolute Gasteiger partial charge is 0.490 e. The molecule has 2 aromatic rings. The van der Waals surface area contributed by atoms with Crippen LogP contribution in [0.4, 0.5) is 5.69 Å². The van der Waals surface area contributed by atoms with E-state index in [0.717, 1.165) is 6.42 Å². The zero-order valence-electron chi connectivity index (χ0n) is 16.4. The number of carbonyl (C=O) groups is 2. The van der Waals surface area contributed by atoms with Crippen LogP contribution in [0.2, 0.25) is 0 Å². The van der Waals surface area contributed by atoms with Crippen molar-refractivity contribution in [2.45, 2.75) is 24.7 Å². The minimum atomic E-state index is -3.81. The van der Waals surface area contributed by atoms with Crippen molar-refractivity contribution < 1.29 is 27.5 Å². The second-order valence-corrected chi connectivity index (χ2v) is 8.52. The van der Waals surface area contributed by atoms with Crippen LogP contribution in [0.5, 0.6) is 11.5 Å². The third-order valence-electron chi connectivity index (χ3n) is 4.45. The van der Waals surface area contributed by atoms with E-state index in [1.807, 2.05) is 0 Å². The lowest BCUT2D eigenvalue weighted by molar-refractivity contribution is -0.116. The van der Waals surface area contributed by atoms with Gasteiger partial charge in [-0.25, -0.2) is 13.1 Å². The van der Waals surface area contributed by atoms with Gasteiger partial charge in [0, 0.05) is 36.7 Å². The van der Waals surface area contributed by atoms with Crippen molar-refractivity contribution in [2.24, 2.45) is 5.73 Å². The van der Waals surface area contributed by atoms with Gasteiger partial charge in [-0.15, -0.1) is 0 Å². The number of carbonyl (C=O) groups excluding carboxylic acids is 2. The average molecular weight is 433 g/mol. The zero-order chi connectivity index (χ0) is 21.7. The lowest BCUT2D eigenvalue weighted by Crippen LogP contribution is -2.28. The lowest BCUT2D eigenvalue weighted by Gasteiger charge is -2.11. The second kappa shape index (κ2) is 9.14. The molecule has 4 N–H and O–H groups in total. The van der Waals surface area contributed by atoms with Gasteiger partial charge in [-0.2, -0.15) is 0 Å². The Morgan fingerprint density at radius 3 is 2.50 bits per heavy atom. The van der Waals surface area contributed by atoms with Crippen molar-refractivity contribution in [1.82, 2.24) is 4.72 Å². The van der Waals surface area contributed by atoms with E-state index in [1.165, 1.54) is 18.2 Å². The molecule has 3 rings (SSSR count). The average Bonchev–Trinajstić information content (AvgIpc) is 2.92. The Balaban J connectivity index is 1.56. The number of nitrogens with one attached hydrogen (secondary N) is 2.